The van der Waals surface area contributed by atoms with Crippen LogP contribution >= 0.6 is 0 Å². The Balaban J connectivity index is 1.60. The minimum absolute atomic E-state index is 0.105. The first-order valence-electron chi connectivity index (χ1n) is 10.3. The first-order valence-corrected chi connectivity index (χ1v) is 12.4. The maximum atomic E-state index is 13.7. The van der Waals surface area contributed by atoms with Gasteiger partial charge in [-0.1, -0.05) is 12.5 Å². The molecule has 2 aliphatic rings. The number of nitrogens with one attached hydrogen (secondary N) is 2. The molecule has 0 radical (unpaired) electrons. The van der Waals surface area contributed by atoms with Gasteiger partial charge in [0.15, 0.2) is 15.8 Å². The molecule has 0 amide bonds. The van der Waals surface area contributed by atoms with E-state index in [-0.39, 0.29) is 18.1 Å². The Morgan fingerprint density at radius 3 is 2.68 bits per heavy atom. The van der Waals surface area contributed by atoms with Gasteiger partial charge in [0, 0.05) is 19.3 Å². The maximum Gasteiger partial charge on any atom is 0.191 e. The molecule has 2 aliphatic carbocycles. The standard InChI is InChI=1S/C21H32FN3O2S/c1-3-23-21(24-9-8-17-11-15-4-5-16(17)10-15)25-13-19-12-20(22)7-6-18(19)14-28(2,26)27/h6-7,12,15-17H,3-5,8-11,13-14H2,1-2H3,(H2,23,24,25). The number of sulfone groups is 1. The molecule has 0 aliphatic heterocycles. The van der Waals surface area contributed by atoms with Crippen molar-refractivity contribution < 1.29 is 12.8 Å². The zero-order valence-electron chi connectivity index (χ0n) is 16.9. The normalized spacial score (nSPS) is 24.5. The van der Waals surface area contributed by atoms with Gasteiger partial charge in [0.05, 0.1) is 12.3 Å². The molecule has 0 aromatic heterocycles. The molecular weight excluding hydrogens is 377 g/mol. The monoisotopic (exact) mass is 409 g/mol. The predicted molar refractivity (Wildman–Crippen MR) is 111 cm³/mol. The number of hydrogen-bond donors (Lipinski definition) is 2. The van der Waals surface area contributed by atoms with Gasteiger partial charge in [0.25, 0.3) is 0 Å². The van der Waals surface area contributed by atoms with Crippen LogP contribution in [-0.4, -0.2) is 33.7 Å². The maximum absolute atomic E-state index is 13.7. The number of halogens is 1. The summed E-state index contributed by atoms with van der Waals surface area (Å²) in [6.45, 7) is 3.86. The fourth-order valence-corrected chi connectivity index (χ4v) is 5.62. The average Bonchev–Trinajstić information content (AvgIpc) is 3.23. The summed E-state index contributed by atoms with van der Waals surface area (Å²) < 4.78 is 37.0. The molecular formula is C21H32FN3O2S. The lowest BCUT2D eigenvalue weighted by Crippen LogP contribution is -2.38. The molecule has 2 bridgehead atoms. The quantitative estimate of drug-likeness (QED) is 0.511. The van der Waals surface area contributed by atoms with Gasteiger partial charge in [-0.3, -0.25) is 0 Å². The van der Waals surface area contributed by atoms with Crippen LogP contribution in [0, 0.1) is 23.6 Å². The van der Waals surface area contributed by atoms with Crippen molar-refractivity contribution in [3.8, 4) is 0 Å². The molecule has 3 atom stereocenters. The lowest BCUT2D eigenvalue weighted by atomic mass is 9.86. The predicted octanol–water partition coefficient (Wildman–Crippen LogP) is 3.25. The third kappa shape index (κ3) is 5.93. The molecule has 156 valence electrons. The molecule has 0 heterocycles. The molecule has 28 heavy (non-hydrogen) atoms. The van der Waals surface area contributed by atoms with E-state index >= 15 is 0 Å². The second-order valence-corrected chi connectivity index (χ2v) is 10.5. The minimum atomic E-state index is -3.19. The van der Waals surface area contributed by atoms with Gasteiger partial charge in [-0.25, -0.2) is 17.8 Å². The molecule has 2 fully saturated rings. The molecule has 5 nitrogen and oxygen atoms in total. The molecule has 7 heteroatoms. The number of fused-ring (bicyclic) bond motifs is 2. The smallest absolute Gasteiger partial charge is 0.191 e. The minimum Gasteiger partial charge on any atom is -0.357 e. The van der Waals surface area contributed by atoms with Crippen LogP contribution in [0.15, 0.2) is 23.2 Å². The Kier molecular flexibility index (Phi) is 6.96. The third-order valence-corrected chi connectivity index (χ3v) is 6.87. The summed E-state index contributed by atoms with van der Waals surface area (Å²) in [7, 11) is -3.19. The summed E-state index contributed by atoms with van der Waals surface area (Å²) in [5, 5.41) is 6.61. The van der Waals surface area contributed by atoms with Crippen molar-refractivity contribution in [1.29, 1.82) is 0 Å². The zero-order chi connectivity index (χ0) is 20.1. The second-order valence-electron chi connectivity index (χ2n) is 8.33. The Labute approximate surface area is 168 Å². The summed E-state index contributed by atoms with van der Waals surface area (Å²) in [6, 6.07) is 4.21. The third-order valence-electron chi connectivity index (χ3n) is 6.03. The van der Waals surface area contributed by atoms with Gasteiger partial charge < -0.3 is 10.6 Å². The van der Waals surface area contributed by atoms with Crippen molar-refractivity contribution in [3.63, 3.8) is 0 Å². The van der Waals surface area contributed by atoms with Crippen LogP contribution in [0.5, 0.6) is 0 Å². The second kappa shape index (κ2) is 9.25. The van der Waals surface area contributed by atoms with Crippen molar-refractivity contribution in [3.05, 3.63) is 35.1 Å². The van der Waals surface area contributed by atoms with Crippen LogP contribution in [-0.2, 0) is 22.1 Å². The van der Waals surface area contributed by atoms with E-state index < -0.39 is 9.84 Å². The van der Waals surface area contributed by atoms with Crippen LogP contribution in [0.4, 0.5) is 4.39 Å². The van der Waals surface area contributed by atoms with Crippen molar-refractivity contribution in [2.45, 2.75) is 51.3 Å². The summed E-state index contributed by atoms with van der Waals surface area (Å²) in [5.41, 5.74) is 1.21. The van der Waals surface area contributed by atoms with E-state index in [0.717, 1.165) is 37.3 Å². The number of guanidine groups is 1. The van der Waals surface area contributed by atoms with Crippen LogP contribution in [0.2, 0.25) is 0 Å². The lowest BCUT2D eigenvalue weighted by Gasteiger charge is -2.22. The fraction of sp³-hybridized carbons (Fsp3) is 0.667. The number of hydrogen-bond acceptors (Lipinski definition) is 3. The van der Waals surface area contributed by atoms with Crippen LogP contribution < -0.4 is 10.6 Å². The van der Waals surface area contributed by atoms with Crippen LogP contribution in [0.25, 0.3) is 0 Å². The van der Waals surface area contributed by atoms with Gasteiger partial charge in [-0.05, 0) is 73.6 Å². The SMILES string of the molecule is CCNC(=NCc1cc(F)ccc1CS(C)(=O)=O)NCCC1CC2CCC1C2. The van der Waals surface area contributed by atoms with Crippen molar-refractivity contribution in [2.75, 3.05) is 19.3 Å². The first kappa shape index (κ1) is 21.1. The highest BCUT2D eigenvalue weighted by molar-refractivity contribution is 7.89. The van der Waals surface area contributed by atoms with E-state index in [4.69, 9.17) is 0 Å². The highest BCUT2D eigenvalue weighted by Crippen LogP contribution is 2.49. The lowest BCUT2D eigenvalue weighted by molar-refractivity contribution is 0.315. The Hall–Kier alpha value is -1.63. The number of aliphatic imine (C=N–C) groups is 1. The van der Waals surface area contributed by atoms with E-state index in [1.807, 2.05) is 6.92 Å². The molecule has 0 saturated heterocycles. The molecule has 0 spiro atoms. The molecule has 3 unspecified atom stereocenters. The van der Waals surface area contributed by atoms with E-state index in [2.05, 4.69) is 15.6 Å². The largest absolute Gasteiger partial charge is 0.357 e. The zero-order valence-corrected chi connectivity index (χ0v) is 17.7. The van der Waals surface area contributed by atoms with Gasteiger partial charge in [0.1, 0.15) is 5.82 Å². The van der Waals surface area contributed by atoms with Gasteiger partial charge in [0.2, 0.25) is 0 Å². The highest BCUT2D eigenvalue weighted by atomic mass is 32.2. The Morgan fingerprint density at radius 1 is 1.21 bits per heavy atom. The van der Waals surface area contributed by atoms with Gasteiger partial charge in [-0.2, -0.15) is 0 Å². The van der Waals surface area contributed by atoms with E-state index in [1.54, 1.807) is 0 Å². The van der Waals surface area contributed by atoms with Crippen LogP contribution in [0.3, 0.4) is 0 Å². The summed E-state index contributed by atoms with van der Waals surface area (Å²) >= 11 is 0. The Morgan fingerprint density at radius 2 is 2.04 bits per heavy atom. The molecule has 2 saturated carbocycles. The first-order chi connectivity index (χ1) is 13.3. The van der Waals surface area contributed by atoms with Gasteiger partial charge in [-0.15, -0.1) is 0 Å². The Bertz CT molecular complexity index is 810. The molecule has 1 aromatic carbocycles. The van der Waals surface area contributed by atoms with Crippen molar-refractivity contribution in [2.24, 2.45) is 22.7 Å². The topological polar surface area (TPSA) is 70.6 Å². The number of nitrogens with zero attached hydrogens (tertiary/aromatic N) is 1. The molecule has 3 rings (SSSR count). The van der Waals surface area contributed by atoms with Crippen molar-refractivity contribution in [1.82, 2.24) is 10.6 Å². The van der Waals surface area contributed by atoms with E-state index in [0.29, 0.717) is 17.1 Å². The summed E-state index contributed by atoms with van der Waals surface area (Å²) in [4.78, 5) is 4.56. The number of benzene rings is 1. The number of rotatable bonds is 8. The average molecular weight is 410 g/mol. The summed E-state index contributed by atoms with van der Waals surface area (Å²) in [6.07, 6.45) is 7.95. The van der Waals surface area contributed by atoms with Crippen LogP contribution in [0.1, 0.15) is 50.2 Å². The van der Waals surface area contributed by atoms with Crippen molar-refractivity contribution >= 4 is 15.8 Å². The molecule has 1 aromatic rings. The fourth-order valence-electron chi connectivity index (χ4n) is 4.78. The van der Waals surface area contributed by atoms with E-state index in [1.165, 1.54) is 50.1 Å². The van der Waals surface area contributed by atoms with Gasteiger partial charge >= 0.3 is 0 Å². The van der Waals surface area contributed by atoms with E-state index in [9.17, 15) is 12.8 Å². The summed E-state index contributed by atoms with van der Waals surface area (Å²) in [5.74, 6) is 2.91. The molecule has 2 N–H and O–H groups in total. The highest BCUT2D eigenvalue weighted by Gasteiger charge is 2.38.